The number of hydrogen-bond donors (Lipinski definition) is 3. The Kier molecular flexibility index (Phi) is 5.79. The van der Waals surface area contributed by atoms with E-state index in [1.54, 1.807) is 29.9 Å². The average Bonchev–Trinajstić information content (AvgIpc) is 3.66. The molecule has 0 spiro atoms. The van der Waals surface area contributed by atoms with Crippen LogP contribution in [0.2, 0.25) is 0 Å². The Hall–Kier alpha value is -4.30. The van der Waals surface area contributed by atoms with E-state index in [9.17, 15) is 4.79 Å². The predicted molar refractivity (Wildman–Crippen MR) is 146 cm³/mol. The average molecular weight is 493 g/mol. The third-order valence-corrected chi connectivity index (χ3v) is 6.97. The maximum atomic E-state index is 12.2. The van der Waals surface area contributed by atoms with Crippen molar-refractivity contribution in [3.8, 4) is 33.6 Å². The highest BCUT2D eigenvalue weighted by atomic mass is 32.1. The minimum atomic E-state index is 0.00197. The third kappa shape index (κ3) is 4.16. The Labute approximate surface area is 211 Å². The summed E-state index contributed by atoms with van der Waals surface area (Å²) in [6.45, 7) is 2.07. The Balaban J connectivity index is 1.37. The number of anilines is 1. The van der Waals surface area contributed by atoms with Crippen LogP contribution in [-0.2, 0) is 4.79 Å². The zero-order valence-corrected chi connectivity index (χ0v) is 20.5. The molecule has 0 unspecified atom stereocenters. The van der Waals surface area contributed by atoms with Crippen molar-refractivity contribution in [3.05, 3.63) is 71.8 Å². The highest BCUT2D eigenvalue weighted by Gasteiger charge is 2.15. The summed E-state index contributed by atoms with van der Waals surface area (Å²) in [4.78, 5) is 24.6. The number of H-pyrrole nitrogens is 2. The van der Waals surface area contributed by atoms with Crippen LogP contribution in [0.15, 0.2) is 71.8 Å². The van der Waals surface area contributed by atoms with Gasteiger partial charge in [0.05, 0.1) is 23.3 Å². The van der Waals surface area contributed by atoms with Crippen LogP contribution < -0.4 is 5.32 Å². The van der Waals surface area contributed by atoms with Gasteiger partial charge in [-0.3, -0.25) is 14.9 Å². The number of pyridine rings is 2. The van der Waals surface area contributed by atoms with Crippen molar-refractivity contribution in [1.29, 1.82) is 0 Å². The number of benzene rings is 1. The first kappa shape index (κ1) is 22.2. The van der Waals surface area contributed by atoms with Gasteiger partial charge in [0.25, 0.3) is 0 Å². The van der Waals surface area contributed by atoms with Crippen LogP contribution in [0.3, 0.4) is 0 Å². The molecular formula is C28H24N6OS. The van der Waals surface area contributed by atoms with Gasteiger partial charge in [0, 0.05) is 46.2 Å². The number of nitrogens with one attached hydrogen (secondary N) is 3. The van der Waals surface area contributed by atoms with Crippen LogP contribution in [0.1, 0.15) is 26.2 Å². The molecule has 6 rings (SSSR count). The second-order valence-electron chi connectivity index (χ2n) is 8.77. The van der Waals surface area contributed by atoms with Gasteiger partial charge in [-0.2, -0.15) is 16.4 Å². The van der Waals surface area contributed by atoms with Crippen molar-refractivity contribution in [1.82, 2.24) is 25.1 Å². The van der Waals surface area contributed by atoms with E-state index < -0.39 is 0 Å². The molecule has 6 aromatic rings. The number of fused-ring (bicyclic) bond motifs is 2. The molecule has 5 heterocycles. The van der Waals surface area contributed by atoms with E-state index in [4.69, 9.17) is 0 Å². The molecule has 3 N–H and O–H groups in total. The van der Waals surface area contributed by atoms with E-state index in [2.05, 4.69) is 84.5 Å². The van der Waals surface area contributed by atoms with Gasteiger partial charge in [-0.05, 0) is 58.6 Å². The fourth-order valence-corrected chi connectivity index (χ4v) is 5.11. The van der Waals surface area contributed by atoms with Crippen LogP contribution in [0, 0.1) is 0 Å². The van der Waals surface area contributed by atoms with Gasteiger partial charge in [0.15, 0.2) is 5.65 Å². The second kappa shape index (κ2) is 9.39. The number of aromatic amines is 2. The number of amides is 1. The molecular weight excluding hydrogens is 468 g/mol. The van der Waals surface area contributed by atoms with Gasteiger partial charge in [-0.15, -0.1) is 0 Å². The van der Waals surface area contributed by atoms with Crippen LogP contribution in [0.5, 0.6) is 0 Å². The molecule has 7 nitrogen and oxygen atoms in total. The quantitative estimate of drug-likeness (QED) is 0.223. The number of unbranched alkanes of at least 4 members (excludes halogenated alkanes) is 1. The lowest BCUT2D eigenvalue weighted by Gasteiger charge is -2.07. The summed E-state index contributed by atoms with van der Waals surface area (Å²) >= 11 is 1.69. The molecule has 0 aliphatic carbocycles. The lowest BCUT2D eigenvalue weighted by Crippen LogP contribution is -2.11. The van der Waals surface area contributed by atoms with E-state index >= 15 is 0 Å². The molecule has 0 fully saturated rings. The molecule has 1 amide bonds. The number of carbonyl (C=O) groups excluding carboxylic acids is 1. The highest BCUT2D eigenvalue weighted by Crippen LogP contribution is 2.35. The standard InChI is InChI=1S/C28H24N6OS/c1-2-3-7-26(35)31-20-10-18(13-29-15-20)19-11-23-27(33-34-28(23)30-14-19)25-12-22-21(17-8-9-36-16-17)5-4-6-24(22)32-25/h4-6,8-16,32H,2-3,7H2,1H3,(H,31,35)(H,30,33,34). The molecule has 36 heavy (non-hydrogen) atoms. The summed E-state index contributed by atoms with van der Waals surface area (Å²) in [7, 11) is 0. The van der Waals surface area contributed by atoms with Crippen LogP contribution >= 0.6 is 11.3 Å². The van der Waals surface area contributed by atoms with Gasteiger partial charge < -0.3 is 10.3 Å². The maximum Gasteiger partial charge on any atom is 0.224 e. The third-order valence-electron chi connectivity index (χ3n) is 6.29. The fraction of sp³-hybridized carbons (Fsp3) is 0.143. The summed E-state index contributed by atoms with van der Waals surface area (Å²) < 4.78 is 0. The lowest BCUT2D eigenvalue weighted by molar-refractivity contribution is -0.116. The minimum absolute atomic E-state index is 0.00197. The van der Waals surface area contributed by atoms with Gasteiger partial charge in [0.2, 0.25) is 5.91 Å². The molecule has 8 heteroatoms. The zero-order chi connectivity index (χ0) is 24.5. The van der Waals surface area contributed by atoms with Crippen molar-refractivity contribution in [3.63, 3.8) is 0 Å². The van der Waals surface area contributed by atoms with Crippen molar-refractivity contribution < 1.29 is 4.79 Å². The molecule has 178 valence electrons. The normalized spacial score (nSPS) is 11.4. The van der Waals surface area contributed by atoms with Gasteiger partial charge in [0.1, 0.15) is 0 Å². The van der Waals surface area contributed by atoms with Gasteiger partial charge in [-0.25, -0.2) is 4.98 Å². The number of aromatic nitrogens is 5. The summed E-state index contributed by atoms with van der Waals surface area (Å²) in [5.74, 6) is 0.00197. The first-order valence-corrected chi connectivity index (χ1v) is 12.9. The monoisotopic (exact) mass is 492 g/mol. The Bertz CT molecular complexity index is 1680. The van der Waals surface area contributed by atoms with Crippen molar-refractivity contribution in [2.24, 2.45) is 0 Å². The Morgan fingerprint density at radius 1 is 1.03 bits per heavy atom. The van der Waals surface area contributed by atoms with E-state index in [-0.39, 0.29) is 5.91 Å². The predicted octanol–water partition coefficient (Wildman–Crippen LogP) is 7.03. The summed E-state index contributed by atoms with van der Waals surface area (Å²) in [6.07, 6.45) is 7.58. The van der Waals surface area contributed by atoms with Crippen molar-refractivity contribution in [2.45, 2.75) is 26.2 Å². The maximum absolute atomic E-state index is 12.2. The van der Waals surface area contributed by atoms with Crippen LogP contribution in [0.25, 0.3) is 55.6 Å². The first-order chi connectivity index (χ1) is 17.7. The van der Waals surface area contributed by atoms with Crippen LogP contribution in [0.4, 0.5) is 5.69 Å². The van der Waals surface area contributed by atoms with Crippen molar-refractivity contribution >= 4 is 44.9 Å². The van der Waals surface area contributed by atoms with E-state index in [1.807, 2.05) is 6.07 Å². The summed E-state index contributed by atoms with van der Waals surface area (Å²) in [5.41, 5.74) is 8.40. The fourth-order valence-electron chi connectivity index (χ4n) is 4.45. The number of rotatable bonds is 7. The summed E-state index contributed by atoms with van der Waals surface area (Å²) in [6, 6.07) is 14.6. The van der Waals surface area contributed by atoms with E-state index in [1.165, 1.54) is 11.1 Å². The zero-order valence-electron chi connectivity index (χ0n) is 19.7. The molecule has 0 atom stereocenters. The van der Waals surface area contributed by atoms with Gasteiger partial charge in [-0.1, -0.05) is 25.5 Å². The highest BCUT2D eigenvalue weighted by molar-refractivity contribution is 7.08. The first-order valence-electron chi connectivity index (χ1n) is 11.9. The molecule has 0 aliphatic heterocycles. The Morgan fingerprint density at radius 2 is 1.94 bits per heavy atom. The summed E-state index contributed by atoms with van der Waals surface area (Å²) in [5, 5.41) is 16.9. The molecule has 0 saturated heterocycles. The number of hydrogen-bond acceptors (Lipinski definition) is 5. The molecule has 0 saturated carbocycles. The molecule has 0 bridgehead atoms. The van der Waals surface area contributed by atoms with Gasteiger partial charge >= 0.3 is 0 Å². The SMILES string of the molecule is CCCCC(=O)Nc1cncc(-c2cnc3n[nH]c(-c4cc5c(-c6ccsc6)cccc5[nH]4)c3c2)c1. The van der Waals surface area contributed by atoms with E-state index in [0.29, 0.717) is 17.8 Å². The topological polar surface area (TPSA) is 99.3 Å². The molecule has 0 aliphatic rings. The van der Waals surface area contributed by atoms with Crippen LogP contribution in [-0.4, -0.2) is 31.1 Å². The largest absolute Gasteiger partial charge is 0.353 e. The second-order valence-corrected chi connectivity index (χ2v) is 9.55. The number of thiophene rings is 1. The molecule has 1 aromatic carbocycles. The smallest absolute Gasteiger partial charge is 0.224 e. The Morgan fingerprint density at radius 3 is 2.81 bits per heavy atom. The minimum Gasteiger partial charge on any atom is -0.353 e. The molecule has 0 radical (unpaired) electrons. The van der Waals surface area contributed by atoms with E-state index in [0.717, 1.165) is 51.6 Å². The number of carbonyl (C=O) groups is 1. The number of nitrogens with zero attached hydrogens (tertiary/aromatic N) is 3. The molecule has 5 aromatic heterocycles. The van der Waals surface area contributed by atoms with Crippen molar-refractivity contribution in [2.75, 3.05) is 5.32 Å². The lowest BCUT2D eigenvalue weighted by atomic mass is 10.0.